The van der Waals surface area contributed by atoms with Crippen LogP contribution < -0.4 is 20.1 Å². The molecule has 0 radical (unpaired) electrons. The van der Waals surface area contributed by atoms with Crippen LogP contribution in [0.2, 0.25) is 0 Å². The van der Waals surface area contributed by atoms with Crippen LogP contribution in [0.5, 0.6) is 5.75 Å². The summed E-state index contributed by atoms with van der Waals surface area (Å²) in [6.45, 7) is 5.07. The number of aryl methyl sites for hydroxylation is 1. The number of ether oxygens (including phenoxy) is 2. The van der Waals surface area contributed by atoms with Crippen molar-refractivity contribution in [2.45, 2.75) is 6.92 Å². The average Bonchev–Trinajstić information content (AvgIpc) is 2.92. The molecule has 3 aromatic carbocycles. The van der Waals surface area contributed by atoms with Gasteiger partial charge in [-0.05, 0) is 67.1 Å². The molecule has 1 saturated heterocycles. The van der Waals surface area contributed by atoms with E-state index >= 15 is 0 Å². The number of anilines is 2. The highest BCUT2D eigenvalue weighted by molar-refractivity contribution is 5.94. The minimum atomic E-state index is -0.466. The third-order valence-electron chi connectivity index (χ3n) is 6.53. The van der Waals surface area contributed by atoms with Gasteiger partial charge in [0.25, 0.3) is 5.56 Å². The molecule has 8 heteroatoms. The molecule has 5 rings (SSSR count). The maximum Gasteiger partial charge on any atom is 0.337 e. The third kappa shape index (κ3) is 4.37. The molecule has 184 valence electrons. The monoisotopic (exact) mass is 484 g/mol. The van der Waals surface area contributed by atoms with E-state index in [1.54, 1.807) is 29.9 Å². The smallest absolute Gasteiger partial charge is 0.337 e. The standard InChI is InChI=1S/C28H28N4O4/c1-19-5-4-6-22(17-19)30-13-15-31(16-14-30)28-29-25-18-20(27(34)36-3)7-12-24(25)26(33)32(28)21-8-10-23(35-2)11-9-21/h4-12,17-18H,13-16H2,1-3H3. The number of rotatable bonds is 5. The lowest BCUT2D eigenvalue weighted by Crippen LogP contribution is -2.48. The summed E-state index contributed by atoms with van der Waals surface area (Å²) in [5.74, 6) is 0.784. The fraction of sp³-hybridized carbons (Fsp3) is 0.250. The summed E-state index contributed by atoms with van der Waals surface area (Å²) in [7, 11) is 2.94. The van der Waals surface area contributed by atoms with E-state index in [2.05, 4.69) is 41.0 Å². The Morgan fingerprint density at radius 1 is 0.861 bits per heavy atom. The van der Waals surface area contributed by atoms with E-state index in [0.717, 1.165) is 13.1 Å². The van der Waals surface area contributed by atoms with Gasteiger partial charge in [-0.2, -0.15) is 0 Å². The predicted molar refractivity (Wildman–Crippen MR) is 141 cm³/mol. The molecule has 0 unspecified atom stereocenters. The number of nitrogens with zero attached hydrogens (tertiary/aromatic N) is 4. The van der Waals surface area contributed by atoms with Gasteiger partial charge in [-0.1, -0.05) is 12.1 Å². The van der Waals surface area contributed by atoms with E-state index < -0.39 is 5.97 Å². The number of carbonyl (C=O) groups excluding carboxylic acids is 1. The molecule has 36 heavy (non-hydrogen) atoms. The van der Waals surface area contributed by atoms with Gasteiger partial charge < -0.3 is 19.3 Å². The van der Waals surface area contributed by atoms with E-state index in [-0.39, 0.29) is 5.56 Å². The first kappa shape index (κ1) is 23.4. The fourth-order valence-electron chi connectivity index (χ4n) is 4.58. The molecule has 0 spiro atoms. The van der Waals surface area contributed by atoms with Crippen molar-refractivity contribution in [1.29, 1.82) is 0 Å². The lowest BCUT2D eigenvalue weighted by Gasteiger charge is -2.37. The molecule has 0 bridgehead atoms. The summed E-state index contributed by atoms with van der Waals surface area (Å²) >= 11 is 0. The van der Waals surface area contributed by atoms with E-state index in [0.29, 0.717) is 46.9 Å². The van der Waals surface area contributed by atoms with Crippen molar-refractivity contribution in [1.82, 2.24) is 9.55 Å². The van der Waals surface area contributed by atoms with Gasteiger partial charge in [-0.25, -0.2) is 14.3 Å². The Morgan fingerprint density at radius 3 is 2.25 bits per heavy atom. The molecule has 2 heterocycles. The second-order valence-electron chi connectivity index (χ2n) is 8.79. The lowest BCUT2D eigenvalue weighted by molar-refractivity contribution is 0.0601. The van der Waals surface area contributed by atoms with Crippen LogP contribution in [0.4, 0.5) is 11.6 Å². The van der Waals surface area contributed by atoms with Crippen LogP contribution in [0.3, 0.4) is 0 Å². The number of hydrogen-bond acceptors (Lipinski definition) is 7. The number of aromatic nitrogens is 2. The number of carbonyl (C=O) groups is 1. The summed E-state index contributed by atoms with van der Waals surface area (Å²) in [5.41, 5.74) is 3.73. The van der Waals surface area contributed by atoms with E-state index in [9.17, 15) is 9.59 Å². The number of piperazine rings is 1. The molecule has 4 aromatic rings. The Kier molecular flexibility index (Phi) is 6.33. The maximum atomic E-state index is 13.8. The molecular formula is C28H28N4O4. The molecule has 8 nitrogen and oxygen atoms in total. The van der Waals surface area contributed by atoms with Gasteiger partial charge in [-0.3, -0.25) is 4.79 Å². The van der Waals surface area contributed by atoms with Crippen molar-refractivity contribution < 1.29 is 14.3 Å². The minimum absolute atomic E-state index is 0.197. The summed E-state index contributed by atoms with van der Waals surface area (Å²) in [5, 5.41) is 0.431. The summed E-state index contributed by atoms with van der Waals surface area (Å²) in [6.07, 6.45) is 0. The number of hydrogen-bond donors (Lipinski definition) is 0. The first-order valence-corrected chi connectivity index (χ1v) is 11.8. The zero-order valence-corrected chi connectivity index (χ0v) is 20.6. The molecule has 0 atom stereocenters. The highest BCUT2D eigenvalue weighted by Gasteiger charge is 2.24. The normalized spacial score (nSPS) is 13.6. The second kappa shape index (κ2) is 9.73. The van der Waals surface area contributed by atoms with E-state index in [1.807, 2.05) is 24.3 Å². The number of benzene rings is 3. The first-order chi connectivity index (χ1) is 17.5. The van der Waals surface area contributed by atoms with Crippen LogP contribution in [0, 0.1) is 6.92 Å². The molecule has 1 aromatic heterocycles. The van der Waals surface area contributed by atoms with Gasteiger partial charge >= 0.3 is 5.97 Å². The van der Waals surface area contributed by atoms with Crippen LogP contribution in [-0.2, 0) is 4.74 Å². The highest BCUT2D eigenvalue weighted by Crippen LogP contribution is 2.25. The van der Waals surface area contributed by atoms with Crippen LogP contribution in [-0.4, -0.2) is 55.9 Å². The highest BCUT2D eigenvalue weighted by atomic mass is 16.5. The van der Waals surface area contributed by atoms with Gasteiger partial charge in [0.15, 0.2) is 0 Å². The Bertz CT molecular complexity index is 1470. The molecular weight excluding hydrogens is 456 g/mol. The second-order valence-corrected chi connectivity index (χ2v) is 8.79. The Morgan fingerprint density at radius 2 is 1.58 bits per heavy atom. The van der Waals surface area contributed by atoms with Crippen molar-refractivity contribution >= 4 is 28.5 Å². The average molecular weight is 485 g/mol. The van der Waals surface area contributed by atoms with Gasteiger partial charge in [0.1, 0.15) is 5.75 Å². The maximum absolute atomic E-state index is 13.8. The third-order valence-corrected chi connectivity index (χ3v) is 6.53. The van der Waals surface area contributed by atoms with Crippen molar-refractivity contribution in [3.63, 3.8) is 0 Å². The van der Waals surface area contributed by atoms with Crippen LogP contribution >= 0.6 is 0 Å². The number of methoxy groups -OCH3 is 2. The number of esters is 1. The SMILES string of the molecule is COC(=O)c1ccc2c(=O)n(-c3ccc(OC)cc3)c(N3CCN(c4cccc(C)c4)CC3)nc2c1. The van der Waals surface area contributed by atoms with Crippen molar-refractivity contribution in [2.75, 3.05) is 50.2 Å². The van der Waals surface area contributed by atoms with Gasteiger partial charge in [0, 0.05) is 31.9 Å². The Labute approximate surface area is 209 Å². The van der Waals surface area contributed by atoms with E-state index in [4.69, 9.17) is 14.5 Å². The summed E-state index contributed by atoms with van der Waals surface area (Å²) in [4.78, 5) is 35.2. The topological polar surface area (TPSA) is 76.9 Å². The molecule has 0 aliphatic carbocycles. The molecule has 1 fully saturated rings. The van der Waals surface area contributed by atoms with Crippen LogP contribution in [0.25, 0.3) is 16.6 Å². The molecule has 0 amide bonds. The molecule has 0 saturated carbocycles. The Balaban J connectivity index is 1.58. The van der Waals surface area contributed by atoms with Crippen molar-refractivity contribution in [3.8, 4) is 11.4 Å². The largest absolute Gasteiger partial charge is 0.497 e. The van der Waals surface area contributed by atoms with Crippen molar-refractivity contribution in [3.05, 3.63) is 88.2 Å². The molecule has 0 N–H and O–H groups in total. The quantitative estimate of drug-likeness (QED) is 0.399. The van der Waals surface area contributed by atoms with Gasteiger partial charge in [0.05, 0.1) is 36.4 Å². The van der Waals surface area contributed by atoms with Gasteiger partial charge in [-0.15, -0.1) is 0 Å². The summed E-state index contributed by atoms with van der Waals surface area (Å²) in [6, 6.07) is 20.7. The molecule has 1 aliphatic rings. The van der Waals surface area contributed by atoms with Crippen LogP contribution in [0.15, 0.2) is 71.5 Å². The zero-order valence-electron chi connectivity index (χ0n) is 20.6. The Hall–Kier alpha value is -4.33. The number of fused-ring (bicyclic) bond motifs is 1. The first-order valence-electron chi connectivity index (χ1n) is 11.8. The zero-order chi connectivity index (χ0) is 25.2. The fourth-order valence-corrected chi connectivity index (χ4v) is 4.58. The van der Waals surface area contributed by atoms with Gasteiger partial charge in [0.2, 0.25) is 5.95 Å². The van der Waals surface area contributed by atoms with E-state index in [1.165, 1.54) is 18.4 Å². The van der Waals surface area contributed by atoms with Crippen molar-refractivity contribution in [2.24, 2.45) is 0 Å². The predicted octanol–water partition coefficient (Wildman–Crippen LogP) is 3.82. The van der Waals surface area contributed by atoms with Crippen LogP contribution in [0.1, 0.15) is 15.9 Å². The lowest BCUT2D eigenvalue weighted by atomic mass is 10.1. The molecule has 1 aliphatic heterocycles. The minimum Gasteiger partial charge on any atom is -0.497 e. The summed E-state index contributed by atoms with van der Waals surface area (Å²) < 4.78 is 11.8.